The van der Waals surface area contributed by atoms with E-state index < -0.39 is 4.92 Å². The summed E-state index contributed by atoms with van der Waals surface area (Å²) >= 11 is 11.2. The summed E-state index contributed by atoms with van der Waals surface area (Å²) in [4.78, 5) is 10.2. The molecule has 0 bridgehead atoms. The number of hydrogen-bond donors (Lipinski definition) is 2. The van der Waals surface area contributed by atoms with E-state index in [1.807, 2.05) is 18.2 Å². The Kier molecular flexibility index (Phi) is 5.13. The van der Waals surface area contributed by atoms with Gasteiger partial charge in [0.1, 0.15) is 5.75 Å². The monoisotopic (exact) mass is 337 g/mol. The summed E-state index contributed by atoms with van der Waals surface area (Å²) in [5.74, 6) is 0.640. The fraction of sp³-hybridized carbons (Fsp3) is 0.0714. The molecule has 8 heteroatoms. The van der Waals surface area contributed by atoms with E-state index in [0.717, 1.165) is 0 Å². The molecule has 0 aliphatic carbocycles. The third kappa shape index (κ3) is 3.84. The maximum Gasteiger partial charge on any atom is 0.271 e. The van der Waals surface area contributed by atoms with E-state index in [1.54, 1.807) is 13.2 Å². The Bertz CT molecular complexity index is 724. The molecule has 0 radical (unpaired) electrons. The first-order valence-electron chi connectivity index (χ1n) is 6.16. The molecule has 2 N–H and O–H groups in total. The summed E-state index contributed by atoms with van der Waals surface area (Å²) in [6.07, 6.45) is 0. The molecule has 0 aliphatic heterocycles. The number of hydrogen-bond acceptors (Lipinski definition) is 4. The van der Waals surface area contributed by atoms with Gasteiger partial charge in [0.2, 0.25) is 0 Å². The molecular formula is C14H12ClN3O3S. The second-order valence-electron chi connectivity index (χ2n) is 4.20. The van der Waals surface area contributed by atoms with Crippen LogP contribution >= 0.6 is 23.8 Å². The highest BCUT2D eigenvalue weighted by Crippen LogP contribution is 2.27. The minimum absolute atomic E-state index is 0.0841. The van der Waals surface area contributed by atoms with Crippen LogP contribution in [0, 0.1) is 10.1 Å². The van der Waals surface area contributed by atoms with Crippen molar-refractivity contribution in [2.24, 2.45) is 0 Å². The van der Waals surface area contributed by atoms with Crippen LogP contribution in [0.4, 0.5) is 17.1 Å². The average molecular weight is 338 g/mol. The number of nitrogens with zero attached hydrogens (tertiary/aromatic N) is 1. The molecule has 0 fully saturated rings. The van der Waals surface area contributed by atoms with Gasteiger partial charge in [-0.2, -0.15) is 0 Å². The summed E-state index contributed by atoms with van der Waals surface area (Å²) in [5, 5.41) is 17.0. The van der Waals surface area contributed by atoms with Crippen molar-refractivity contribution in [2.45, 2.75) is 0 Å². The number of benzene rings is 2. The minimum Gasteiger partial charge on any atom is -0.495 e. The van der Waals surface area contributed by atoms with Crippen LogP contribution < -0.4 is 15.4 Å². The van der Waals surface area contributed by atoms with Crippen molar-refractivity contribution >= 4 is 46.0 Å². The van der Waals surface area contributed by atoms with Gasteiger partial charge in [0.25, 0.3) is 5.69 Å². The van der Waals surface area contributed by atoms with Crippen molar-refractivity contribution in [1.29, 1.82) is 0 Å². The first-order valence-corrected chi connectivity index (χ1v) is 6.95. The Morgan fingerprint density at radius 3 is 2.55 bits per heavy atom. The van der Waals surface area contributed by atoms with Crippen LogP contribution in [0.1, 0.15) is 0 Å². The van der Waals surface area contributed by atoms with Gasteiger partial charge in [-0.3, -0.25) is 10.1 Å². The zero-order valence-corrected chi connectivity index (χ0v) is 13.1. The van der Waals surface area contributed by atoms with Crippen molar-refractivity contribution in [2.75, 3.05) is 17.7 Å². The van der Waals surface area contributed by atoms with Crippen molar-refractivity contribution in [3.8, 4) is 5.75 Å². The average Bonchev–Trinajstić information content (AvgIpc) is 2.49. The molecule has 0 amide bonds. The Morgan fingerprint density at radius 2 is 1.91 bits per heavy atom. The quantitative estimate of drug-likeness (QED) is 0.497. The highest BCUT2D eigenvalue weighted by molar-refractivity contribution is 7.80. The molecule has 2 aromatic rings. The molecule has 0 atom stereocenters. The zero-order chi connectivity index (χ0) is 16.1. The Morgan fingerprint density at radius 1 is 1.23 bits per heavy atom. The highest BCUT2D eigenvalue weighted by atomic mass is 35.5. The topological polar surface area (TPSA) is 76.4 Å². The van der Waals surface area contributed by atoms with E-state index in [1.165, 1.54) is 18.2 Å². The number of para-hydroxylation sites is 2. The smallest absolute Gasteiger partial charge is 0.271 e. The lowest BCUT2D eigenvalue weighted by atomic mass is 10.3. The van der Waals surface area contributed by atoms with Crippen LogP contribution in [-0.2, 0) is 0 Å². The number of halogens is 1. The largest absolute Gasteiger partial charge is 0.495 e. The second kappa shape index (κ2) is 7.06. The summed E-state index contributed by atoms with van der Waals surface area (Å²) in [6, 6.07) is 11.4. The van der Waals surface area contributed by atoms with E-state index >= 15 is 0 Å². The Balaban J connectivity index is 2.11. The summed E-state index contributed by atoms with van der Waals surface area (Å²) in [5.41, 5.74) is 1.08. The first-order chi connectivity index (χ1) is 10.5. The number of non-ortho nitro benzene ring substituents is 1. The maximum absolute atomic E-state index is 10.7. The number of nitro benzene ring substituents is 1. The van der Waals surface area contributed by atoms with Crippen molar-refractivity contribution < 1.29 is 9.66 Å². The third-order valence-electron chi connectivity index (χ3n) is 2.77. The van der Waals surface area contributed by atoms with E-state index in [0.29, 0.717) is 22.2 Å². The predicted molar refractivity (Wildman–Crippen MR) is 90.9 cm³/mol. The molecule has 0 unspecified atom stereocenters. The number of methoxy groups -OCH3 is 1. The Hall–Kier alpha value is -2.38. The van der Waals surface area contributed by atoms with Crippen LogP contribution in [0.15, 0.2) is 42.5 Å². The lowest BCUT2D eigenvalue weighted by molar-refractivity contribution is -0.384. The predicted octanol–water partition coefficient (Wildman–Crippen LogP) is 4.07. The molecule has 0 spiro atoms. The standard InChI is InChI=1S/C14H12ClN3O3S/c1-21-13-5-3-2-4-12(13)17-14(22)16-11-7-6-9(18(19)20)8-10(11)15/h2-8H,1H3,(H2,16,17,22). The third-order valence-corrected chi connectivity index (χ3v) is 3.28. The van der Waals surface area contributed by atoms with E-state index in [-0.39, 0.29) is 10.7 Å². The van der Waals surface area contributed by atoms with Crippen molar-refractivity contribution in [3.63, 3.8) is 0 Å². The fourth-order valence-electron chi connectivity index (χ4n) is 1.74. The lowest BCUT2D eigenvalue weighted by Crippen LogP contribution is -2.19. The number of anilines is 2. The SMILES string of the molecule is COc1ccccc1NC(=S)Nc1ccc([N+](=O)[O-])cc1Cl. The van der Waals surface area contributed by atoms with Gasteiger partial charge in [0.05, 0.1) is 28.4 Å². The maximum atomic E-state index is 10.7. The van der Waals surface area contributed by atoms with Gasteiger partial charge in [-0.15, -0.1) is 0 Å². The fourth-order valence-corrected chi connectivity index (χ4v) is 2.18. The van der Waals surface area contributed by atoms with Gasteiger partial charge in [0, 0.05) is 12.1 Å². The van der Waals surface area contributed by atoms with Crippen molar-refractivity contribution in [1.82, 2.24) is 0 Å². The van der Waals surface area contributed by atoms with Crippen LogP contribution in [-0.4, -0.2) is 17.1 Å². The van der Waals surface area contributed by atoms with Gasteiger partial charge >= 0.3 is 0 Å². The van der Waals surface area contributed by atoms with E-state index in [9.17, 15) is 10.1 Å². The normalized spacial score (nSPS) is 9.91. The van der Waals surface area contributed by atoms with Gasteiger partial charge in [-0.25, -0.2) is 0 Å². The molecule has 0 heterocycles. The van der Waals surface area contributed by atoms with Crippen LogP contribution in [0.25, 0.3) is 0 Å². The lowest BCUT2D eigenvalue weighted by Gasteiger charge is -2.13. The van der Waals surface area contributed by atoms with Crippen molar-refractivity contribution in [3.05, 3.63) is 57.6 Å². The summed E-state index contributed by atoms with van der Waals surface area (Å²) in [6.45, 7) is 0. The molecule has 2 rings (SSSR count). The molecule has 0 aromatic heterocycles. The molecule has 0 saturated carbocycles. The van der Waals surface area contributed by atoms with E-state index in [2.05, 4.69) is 10.6 Å². The first kappa shape index (κ1) is 16.0. The number of nitro groups is 1. The van der Waals surface area contributed by atoms with Gasteiger partial charge in [-0.05, 0) is 30.4 Å². The van der Waals surface area contributed by atoms with Crippen LogP contribution in [0.3, 0.4) is 0 Å². The minimum atomic E-state index is -0.513. The molecule has 2 aromatic carbocycles. The molecular weight excluding hydrogens is 326 g/mol. The second-order valence-corrected chi connectivity index (χ2v) is 5.02. The number of ether oxygens (including phenoxy) is 1. The molecule has 0 saturated heterocycles. The van der Waals surface area contributed by atoms with Gasteiger partial charge < -0.3 is 15.4 Å². The molecule has 22 heavy (non-hydrogen) atoms. The number of thiocarbonyl (C=S) groups is 1. The molecule has 114 valence electrons. The highest BCUT2D eigenvalue weighted by Gasteiger charge is 2.11. The van der Waals surface area contributed by atoms with E-state index in [4.69, 9.17) is 28.6 Å². The van der Waals surface area contributed by atoms with Gasteiger partial charge in [-0.1, -0.05) is 23.7 Å². The number of rotatable bonds is 4. The van der Waals surface area contributed by atoms with Crippen LogP contribution in [0.2, 0.25) is 5.02 Å². The zero-order valence-electron chi connectivity index (χ0n) is 11.5. The molecule has 0 aliphatic rings. The molecule has 6 nitrogen and oxygen atoms in total. The van der Waals surface area contributed by atoms with Gasteiger partial charge in [0.15, 0.2) is 5.11 Å². The number of nitrogens with one attached hydrogen (secondary N) is 2. The Labute approximate surface area is 137 Å². The summed E-state index contributed by atoms with van der Waals surface area (Å²) in [7, 11) is 1.56. The van der Waals surface area contributed by atoms with Crippen LogP contribution in [0.5, 0.6) is 5.75 Å². The summed E-state index contributed by atoms with van der Waals surface area (Å²) < 4.78 is 5.21.